The predicted octanol–water partition coefficient (Wildman–Crippen LogP) is 0.265. The zero-order valence-corrected chi connectivity index (χ0v) is 9.17. The van der Waals surface area contributed by atoms with Crippen LogP contribution in [-0.2, 0) is 4.74 Å². The Labute approximate surface area is 94.7 Å². The molecule has 0 saturated carbocycles. The summed E-state index contributed by atoms with van der Waals surface area (Å²) >= 11 is 0. The molecule has 2 rings (SSSR count). The maximum absolute atomic E-state index is 10.4. The normalized spacial score (nSPS) is 21.6. The van der Waals surface area contributed by atoms with E-state index in [1.807, 2.05) is 0 Å². The molecule has 1 saturated heterocycles. The maximum atomic E-state index is 10.4. The number of ether oxygens (including phenoxy) is 1. The van der Waals surface area contributed by atoms with Gasteiger partial charge in [-0.05, 0) is 18.9 Å². The SMILES string of the molecule is NCC1(C(O)c2ccncn2)CCOCC1. The molecule has 5 heteroatoms. The number of rotatable bonds is 3. The van der Waals surface area contributed by atoms with Gasteiger partial charge in [-0.25, -0.2) is 9.97 Å². The average molecular weight is 223 g/mol. The summed E-state index contributed by atoms with van der Waals surface area (Å²) in [6.45, 7) is 1.75. The van der Waals surface area contributed by atoms with Crippen molar-refractivity contribution in [2.45, 2.75) is 18.9 Å². The highest BCUT2D eigenvalue weighted by Gasteiger charge is 2.39. The Morgan fingerprint density at radius 2 is 2.25 bits per heavy atom. The first-order chi connectivity index (χ1) is 7.78. The first kappa shape index (κ1) is 11.4. The van der Waals surface area contributed by atoms with E-state index < -0.39 is 6.10 Å². The van der Waals surface area contributed by atoms with Gasteiger partial charge >= 0.3 is 0 Å². The molecule has 1 fully saturated rings. The lowest BCUT2D eigenvalue weighted by atomic mass is 9.74. The van der Waals surface area contributed by atoms with Gasteiger partial charge < -0.3 is 15.6 Å². The van der Waals surface area contributed by atoms with Gasteiger partial charge in [0.2, 0.25) is 0 Å². The second kappa shape index (κ2) is 4.86. The number of hydrogen-bond acceptors (Lipinski definition) is 5. The fourth-order valence-corrected chi connectivity index (χ4v) is 2.14. The minimum atomic E-state index is -0.635. The predicted molar refractivity (Wildman–Crippen MR) is 58.5 cm³/mol. The van der Waals surface area contributed by atoms with Crippen molar-refractivity contribution in [1.29, 1.82) is 0 Å². The molecule has 1 unspecified atom stereocenters. The van der Waals surface area contributed by atoms with E-state index in [4.69, 9.17) is 10.5 Å². The molecule has 3 N–H and O–H groups in total. The van der Waals surface area contributed by atoms with Crippen molar-refractivity contribution in [3.05, 3.63) is 24.3 Å². The number of nitrogens with zero attached hydrogens (tertiary/aromatic N) is 2. The van der Waals surface area contributed by atoms with Crippen LogP contribution in [0.5, 0.6) is 0 Å². The lowest BCUT2D eigenvalue weighted by molar-refractivity contribution is -0.0598. The van der Waals surface area contributed by atoms with Crippen LogP contribution in [0.2, 0.25) is 0 Å². The van der Waals surface area contributed by atoms with Crippen molar-refractivity contribution in [3.8, 4) is 0 Å². The van der Waals surface area contributed by atoms with Crippen molar-refractivity contribution in [2.75, 3.05) is 19.8 Å². The second-order valence-electron chi connectivity index (χ2n) is 4.22. The molecule has 0 aromatic carbocycles. The molecule has 1 atom stereocenters. The van der Waals surface area contributed by atoms with Gasteiger partial charge in [0.15, 0.2) is 0 Å². The Balaban J connectivity index is 2.20. The minimum absolute atomic E-state index is 0.299. The summed E-state index contributed by atoms with van der Waals surface area (Å²) in [5, 5.41) is 10.4. The van der Waals surface area contributed by atoms with Crippen LogP contribution in [0.1, 0.15) is 24.6 Å². The Bertz CT molecular complexity index is 325. The van der Waals surface area contributed by atoms with Gasteiger partial charge in [-0.2, -0.15) is 0 Å². The minimum Gasteiger partial charge on any atom is -0.386 e. The molecule has 1 aliphatic heterocycles. The van der Waals surface area contributed by atoms with E-state index in [-0.39, 0.29) is 5.41 Å². The van der Waals surface area contributed by atoms with Crippen LogP contribution in [0.15, 0.2) is 18.6 Å². The molecule has 1 aliphatic rings. The van der Waals surface area contributed by atoms with Gasteiger partial charge in [0.25, 0.3) is 0 Å². The monoisotopic (exact) mass is 223 g/mol. The first-order valence-electron chi connectivity index (χ1n) is 5.50. The lowest BCUT2D eigenvalue weighted by Gasteiger charge is -2.39. The van der Waals surface area contributed by atoms with E-state index >= 15 is 0 Å². The fraction of sp³-hybridized carbons (Fsp3) is 0.636. The largest absolute Gasteiger partial charge is 0.386 e. The lowest BCUT2D eigenvalue weighted by Crippen LogP contribution is -2.41. The van der Waals surface area contributed by atoms with Crippen LogP contribution >= 0.6 is 0 Å². The third kappa shape index (κ3) is 2.07. The van der Waals surface area contributed by atoms with Crippen LogP contribution in [0.25, 0.3) is 0 Å². The zero-order valence-electron chi connectivity index (χ0n) is 9.17. The first-order valence-corrected chi connectivity index (χ1v) is 5.50. The summed E-state index contributed by atoms with van der Waals surface area (Å²) in [7, 11) is 0. The molecule has 0 bridgehead atoms. The van der Waals surface area contributed by atoms with Crippen LogP contribution in [-0.4, -0.2) is 34.8 Å². The highest BCUT2D eigenvalue weighted by Crippen LogP contribution is 2.40. The van der Waals surface area contributed by atoms with E-state index in [1.54, 1.807) is 12.3 Å². The Morgan fingerprint density at radius 1 is 1.50 bits per heavy atom. The van der Waals surface area contributed by atoms with Gasteiger partial charge in [0, 0.05) is 31.4 Å². The van der Waals surface area contributed by atoms with E-state index in [0.717, 1.165) is 12.8 Å². The van der Waals surface area contributed by atoms with Gasteiger partial charge in [-0.1, -0.05) is 0 Å². The van der Waals surface area contributed by atoms with E-state index in [9.17, 15) is 5.11 Å². The molecule has 88 valence electrons. The Morgan fingerprint density at radius 3 is 2.81 bits per heavy atom. The summed E-state index contributed by atoms with van der Waals surface area (Å²) < 4.78 is 5.31. The summed E-state index contributed by atoms with van der Waals surface area (Å²) in [5.41, 5.74) is 6.16. The quantitative estimate of drug-likeness (QED) is 0.768. The molecule has 5 nitrogen and oxygen atoms in total. The Kier molecular flexibility index (Phi) is 3.48. The van der Waals surface area contributed by atoms with Gasteiger partial charge in [0.1, 0.15) is 12.4 Å². The highest BCUT2D eigenvalue weighted by atomic mass is 16.5. The van der Waals surface area contributed by atoms with Crippen LogP contribution in [0.3, 0.4) is 0 Å². The van der Waals surface area contributed by atoms with Crippen LogP contribution in [0, 0.1) is 5.41 Å². The molecule has 0 amide bonds. The smallest absolute Gasteiger partial charge is 0.115 e. The number of hydrogen-bond donors (Lipinski definition) is 2. The fourth-order valence-electron chi connectivity index (χ4n) is 2.14. The van der Waals surface area contributed by atoms with E-state index in [0.29, 0.717) is 25.5 Å². The van der Waals surface area contributed by atoms with Gasteiger partial charge in [-0.15, -0.1) is 0 Å². The topological polar surface area (TPSA) is 81.3 Å². The standard InChI is InChI=1S/C11H17N3O2/c12-7-11(2-5-16-6-3-11)10(15)9-1-4-13-8-14-9/h1,4,8,10,15H,2-3,5-7,12H2. The second-order valence-corrected chi connectivity index (χ2v) is 4.22. The molecule has 0 spiro atoms. The van der Waals surface area contributed by atoms with Crippen molar-refractivity contribution < 1.29 is 9.84 Å². The molecule has 0 radical (unpaired) electrons. The van der Waals surface area contributed by atoms with E-state index in [1.165, 1.54) is 6.33 Å². The Hall–Kier alpha value is -1.04. The third-order valence-electron chi connectivity index (χ3n) is 3.36. The molecule has 0 aliphatic carbocycles. The average Bonchev–Trinajstić information content (AvgIpc) is 2.39. The summed E-state index contributed by atoms with van der Waals surface area (Å²) in [4.78, 5) is 7.93. The van der Waals surface area contributed by atoms with Crippen LogP contribution in [0.4, 0.5) is 0 Å². The highest BCUT2D eigenvalue weighted by molar-refractivity contribution is 5.08. The number of nitrogens with two attached hydrogens (primary N) is 1. The summed E-state index contributed by atoms with van der Waals surface area (Å²) in [6.07, 6.45) is 3.99. The van der Waals surface area contributed by atoms with Gasteiger partial charge in [0.05, 0.1) is 5.69 Å². The molecule has 1 aromatic rings. The molecular weight excluding hydrogens is 206 g/mol. The van der Waals surface area contributed by atoms with Crippen molar-refractivity contribution in [3.63, 3.8) is 0 Å². The molecule has 16 heavy (non-hydrogen) atoms. The number of aromatic nitrogens is 2. The summed E-state index contributed by atoms with van der Waals surface area (Å²) in [6, 6.07) is 1.73. The molecular formula is C11H17N3O2. The number of aliphatic hydroxyl groups excluding tert-OH is 1. The number of aliphatic hydroxyl groups is 1. The zero-order chi connectivity index (χ0) is 11.4. The van der Waals surface area contributed by atoms with Crippen molar-refractivity contribution in [2.24, 2.45) is 11.1 Å². The molecule has 1 aromatic heterocycles. The van der Waals surface area contributed by atoms with E-state index in [2.05, 4.69) is 9.97 Å². The van der Waals surface area contributed by atoms with Gasteiger partial charge in [-0.3, -0.25) is 0 Å². The van der Waals surface area contributed by atoms with Crippen molar-refractivity contribution in [1.82, 2.24) is 9.97 Å². The summed E-state index contributed by atoms with van der Waals surface area (Å²) in [5.74, 6) is 0. The molecule has 2 heterocycles. The van der Waals surface area contributed by atoms with Crippen LogP contribution < -0.4 is 5.73 Å². The third-order valence-corrected chi connectivity index (χ3v) is 3.36. The maximum Gasteiger partial charge on any atom is 0.115 e. The van der Waals surface area contributed by atoms with Crippen molar-refractivity contribution >= 4 is 0 Å².